The van der Waals surface area contributed by atoms with Crippen LogP contribution in [-0.2, 0) is 11.3 Å². The van der Waals surface area contributed by atoms with Crippen LogP contribution in [0.4, 0.5) is 0 Å². The van der Waals surface area contributed by atoms with Gasteiger partial charge >= 0.3 is 0 Å². The van der Waals surface area contributed by atoms with Crippen molar-refractivity contribution in [2.75, 3.05) is 5.75 Å². The number of benzene rings is 2. The van der Waals surface area contributed by atoms with Crippen molar-refractivity contribution in [2.24, 2.45) is 5.10 Å². The first-order valence-corrected chi connectivity index (χ1v) is 11.5. The van der Waals surface area contributed by atoms with Crippen LogP contribution >= 0.6 is 23.1 Å². The third kappa shape index (κ3) is 4.63. The first-order valence-electron chi connectivity index (χ1n) is 9.54. The van der Waals surface area contributed by atoms with Gasteiger partial charge in [0.1, 0.15) is 5.37 Å². The molecule has 4 rings (SSSR count). The SMILES string of the molecule is Cc1ccsc1C=NNC(=O)c1ccc(C2SCC(=O)N2Cc2ccccc2)cc1. The van der Waals surface area contributed by atoms with Gasteiger partial charge in [0.05, 0.1) is 12.0 Å². The zero-order chi connectivity index (χ0) is 20.9. The lowest BCUT2D eigenvalue weighted by molar-refractivity contribution is -0.128. The summed E-state index contributed by atoms with van der Waals surface area (Å²) in [5.74, 6) is 0.341. The molecule has 2 heterocycles. The molecular weight excluding hydrogens is 414 g/mol. The van der Waals surface area contributed by atoms with Gasteiger partial charge in [-0.1, -0.05) is 42.5 Å². The lowest BCUT2D eigenvalue weighted by Crippen LogP contribution is -2.27. The van der Waals surface area contributed by atoms with E-state index in [9.17, 15) is 9.59 Å². The lowest BCUT2D eigenvalue weighted by atomic mass is 10.1. The smallest absolute Gasteiger partial charge is 0.271 e. The molecule has 0 radical (unpaired) electrons. The minimum atomic E-state index is -0.261. The van der Waals surface area contributed by atoms with Crippen molar-refractivity contribution in [3.05, 3.63) is 93.2 Å². The molecule has 0 saturated carbocycles. The van der Waals surface area contributed by atoms with Crippen LogP contribution in [0.2, 0.25) is 0 Å². The number of thioether (sulfide) groups is 1. The maximum absolute atomic E-state index is 12.4. The van der Waals surface area contributed by atoms with Gasteiger partial charge in [-0.2, -0.15) is 5.10 Å². The Morgan fingerprint density at radius 2 is 1.93 bits per heavy atom. The highest BCUT2D eigenvalue weighted by molar-refractivity contribution is 8.00. The molecule has 5 nitrogen and oxygen atoms in total. The average Bonchev–Trinajstić information content (AvgIpc) is 3.34. The molecule has 2 amide bonds. The van der Waals surface area contributed by atoms with Crippen molar-refractivity contribution in [1.82, 2.24) is 10.3 Å². The van der Waals surface area contributed by atoms with Crippen molar-refractivity contribution >= 4 is 41.1 Å². The van der Waals surface area contributed by atoms with Crippen LogP contribution in [0.25, 0.3) is 0 Å². The average molecular weight is 436 g/mol. The van der Waals surface area contributed by atoms with E-state index in [0.29, 0.717) is 17.9 Å². The van der Waals surface area contributed by atoms with E-state index < -0.39 is 0 Å². The van der Waals surface area contributed by atoms with Gasteiger partial charge in [-0.25, -0.2) is 5.43 Å². The second-order valence-electron chi connectivity index (χ2n) is 6.96. The van der Waals surface area contributed by atoms with Crippen LogP contribution in [0.5, 0.6) is 0 Å². The molecule has 1 N–H and O–H groups in total. The summed E-state index contributed by atoms with van der Waals surface area (Å²) in [6.45, 7) is 2.59. The Balaban J connectivity index is 1.42. The number of hydrogen-bond acceptors (Lipinski definition) is 5. The lowest BCUT2D eigenvalue weighted by Gasteiger charge is -2.24. The van der Waals surface area contributed by atoms with Gasteiger partial charge < -0.3 is 4.90 Å². The Hall–Kier alpha value is -2.90. The summed E-state index contributed by atoms with van der Waals surface area (Å²) in [5.41, 5.74) is 6.35. The van der Waals surface area contributed by atoms with Crippen molar-refractivity contribution in [1.29, 1.82) is 0 Å². The van der Waals surface area contributed by atoms with Gasteiger partial charge in [0.15, 0.2) is 0 Å². The molecule has 3 aromatic rings. The summed E-state index contributed by atoms with van der Waals surface area (Å²) in [7, 11) is 0. The predicted octanol–water partition coefficient (Wildman–Crippen LogP) is 4.59. The molecular formula is C23H21N3O2S2. The normalized spacial score (nSPS) is 16.4. The van der Waals surface area contributed by atoms with Crippen LogP contribution in [0.15, 0.2) is 71.1 Å². The molecule has 7 heteroatoms. The fourth-order valence-corrected chi connectivity index (χ4v) is 5.19. The molecule has 0 bridgehead atoms. The van der Waals surface area contributed by atoms with Gasteiger partial charge in [-0.05, 0) is 47.2 Å². The van der Waals surface area contributed by atoms with Crippen LogP contribution in [0.1, 0.15) is 37.3 Å². The number of carbonyl (C=O) groups is 2. The molecule has 1 aromatic heterocycles. The number of nitrogens with one attached hydrogen (secondary N) is 1. The standard InChI is InChI=1S/C23H21N3O2S2/c1-16-11-12-29-20(16)13-24-25-22(28)18-7-9-19(10-8-18)23-26(21(27)15-30-23)14-17-5-3-2-4-6-17/h2-13,23H,14-15H2,1H3,(H,25,28). The zero-order valence-corrected chi connectivity index (χ0v) is 18.1. The number of carbonyl (C=O) groups excluding carboxylic acids is 2. The molecule has 2 aromatic carbocycles. The zero-order valence-electron chi connectivity index (χ0n) is 16.4. The molecule has 1 aliphatic rings. The van der Waals surface area contributed by atoms with Crippen molar-refractivity contribution in [3.8, 4) is 0 Å². The Morgan fingerprint density at radius 3 is 2.63 bits per heavy atom. The number of thiophene rings is 1. The summed E-state index contributed by atoms with van der Waals surface area (Å²) in [5, 5.41) is 5.99. The molecule has 1 unspecified atom stereocenters. The Kier molecular flexibility index (Phi) is 6.30. The Labute approximate surface area is 183 Å². The van der Waals surface area contributed by atoms with E-state index in [-0.39, 0.29) is 17.2 Å². The monoisotopic (exact) mass is 435 g/mol. The summed E-state index contributed by atoms with van der Waals surface area (Å²) >= 11 is 3.19. The number of rotatable bonds is 6. The minimum absolute atomic E-state index is 0.0466. The second-order valence-corrected chi connectivity index (χ2v) is 8.98. The minimum Gasteiger partial charge on any atom is -0.322 e. The van der Waals surface area contributed by atoms with Crippen molar-refractivity contribution in [2.45, 2.75) is 18.8 Å². The van der Waals surface area contributed by atoms with Crippen molar-refractivity contribution in [3.63, 3.8) is 0 Å². The molecule has 1 saturated heterocycles. The maximum Gasteiger partial charge on any atom is 0.271 e. The highest BCUT2D eigenvalue weighted by Gasteiger charge is 2.32. The van der Waals surface area contributed by atoms with E-state index in [0.717, 1.165) is 21.6 Å². The van der Waals surface area contributed by atoms with Gasteiger partial charge in [-0.15, -0.1) is 23.1 Å². The van der Waals surface area contributed by atoms with Crippen LogP contribution in [0, 0.1) is 6.92 Å². The van der Waals surface area contributed by atoms with E-state index in [1.54, 1.807) is 41.4 Å². The van der Waals surface area contributed by atoms with E-state index in [4.69, 9.17) is 0 Å². The third-order valence-electron chi connectivity index (χ3n) is 4.87. The first kappa shape index (κ1) is 20.4. The number of hydrazone groups is 1. The van der Waals surface area contributed by atoms with Gasteiger partial charge in [-0.3, -0.25) is 9.59 Å². The van der Waals surface area contributed by atoms with E-state index >= 15 is 0 Å². The summed E-state index contributed by atoms with van der Waals surface area (Å²) in [4.78, 5) is 27.7. The number of hydrogen-bond donors (Lipinski definition) is 1. The Morgan fingerprint density at radius 1 is 1.17 bits per heavy atom. The quantitative estimate of drug-likeness (QED) is 0.455. The van der Waals surface area contributed by atoms with E-state index in [2.05, 4.69) is 10.5 Å². The number of nitrogens with zero attached hydrogens (tertiary/aromatic N) is 2. The molecule has 1 fully saturated rings. The van der Waals surface area contributed by atoms with Gasteiger partial charge in [0.2, 0.25) is 5.91 Å². The van der Waals surface area contributed by atoms with Crippen LogP contribution in [0.3, 0.4) is 0 Å². The predicted molar refractivity (Wildman–Crippen MR) is 123 cm³/mol. The number of aryl methyl sites for hydroxylation is 1. The fourth-order valence-electron chi connectivity index (χ4n) is 3.21. The van der Waals surface area contributed by atoms with E-state index in [1.165, 1.54) is 0 Å². The highest BCUT2D eigenvalue weighted by Crippen LogP contribution is 2.39. The topological polar surface area (TPSA) is 61.8 Å². The Bertz CT molecular complexity index is 1060. The van der Waals surface area contributed by atoms with Crippen LogP contribution < -0.4 is 5.43 Å². The van der Waals surface area contributed by atoms with Gasteiger partial charge in [0, 0.05) is 17.0 Å². The molecule has 1 atom stereocenters. The largest absolute Gasteiger partial charge is 0.322 e. The molecule has 1 aliphatic heterocycles. The maximum atomic E-state index is 12.4. The van der Waals surface area contributed by atoms with Crippen LogP contribution in [-0.4, -0.2) is 28.7 Å². The van der Waals surface area contributed by atoms with Crippen molar-refractivity contribution < 1.29 is 9.59 Å². The first-order chi connectivity index (χ1) is 14.6. The third-order valence-corrected chi connectivity index (χ3v) is 7.08. The highest BCUT2D eigenvalue weighted by atomic mass is 32.2. The fraction of sp³-hybridized carbons (Fsp3) is 0.174. The summed E-state index contributed by atoms with van der Waals surface area (Å²) in [6, 6.07) is 19.4. The molecule has 30 heavy (non-hydrogen) atoms. The number of amides is 2. The molecule has 152 valence electrons. The summed E-state index contributed by atoms with van der Waals surface area (Å²) in [6.07, 6.45) is 1.66. The van der Waals surface area contributed by atoms with E-state index in [1.807, 2.05) is 65.7 Å². The van der Waals surface area contributed by atoms with Gasteiger partial charge in [0.25, 0.3) is 5.91 Å². The summed E-state index contributed by atoms with van der Waals surface area (Å²) < 4.78 is 0. The second kappa shape index (κ2) is 9.28. The molecule has 0 aliphatic carbocycles. The molecule has 0 spiro atoms.